The van der Waals surface area contributed by atoms with Crippen molar-refractivity contribution in [2.75, 3.05) is 19.6 Å². The maximum absolute atomic E-state index is 12.8. The molecule has 1 atom stereocenters. The van der Waals surface area contributed by atoms with Crippen LogP contribution in [0.4, 0.5) is 13.2 Å². The van der Waals surface area contributed by atoms with Crippen LogP contribution in [0.5, 0.6) is 5.75 Å². The minimum Gasteiger partial charge on any atom is -0.376 e. The van der Waals surface area contributed by atoms with Crippen LogP contribution in [0.25, 0.3) is 0 Å². The van der Waals surface area contributed by atoms with Crippen molar-refractivity contribution in [3.05, 3.63) is 29.3 Å². The zero-order valence-electron chi connectivity index (χ0n) is 15.0. The van der Waals surface area contributed by atoms with Crippen LogP contribution < -0.4 is 4.18 Å². The summed E-state index contributed by atoms with van der Waals surface area (Å²) in [7, 11) is -5.73. The van der Waals surface area contributed by atoms with Crippen LogP contribution in [-0.4, -0.2) is 61.4 Å². The van der Waals surface area contributed by atoms with Gasteiger partial charge in [-0.25, -0.2) is 0 Å². The molecule has 0 bridgehead atoms. The summed E-state index contributed by atoms with van der Waals surface area (Å²) in [5.74, 6) is -0.628. The topological polar surface area (TPSA) is 66.9 Å². The Kier molecular flexibility index (Phi) is 5.15. The Morgan fingerprint density at radius 1 is 1.22 bits per heavy atom. The van der Waals surface area contributed by atoms with Crippen molar-refractivity contribution in [3.8, 4) is 5.75 Å². The van der Waals surface area contributed by atoms with E-state index in [1.807, 2.05) is 0 Å². The van der Waals surface area contributed by atoms with Gasteiger partial charge in [0.1, 0.15) is 5.75 Å². The molecule has 27 heavy (non-hydrogen) atoms. The largest absolute Gasteiger partial charge is 0.534 e. The second kappa shape index (κ2) is 6.97. The van der Waals surface area contributed by atoms with Gasteiger partial charge < -0.3 is 9.08 Å². The quantitative estimate of drug-likeness (QED) is 0.568. The first kappa shape index (κ1) is 19.9. The molecule has 0 N–H and O–H groups in total. The normalized spacial score (nSPS) is 21.6. The number of alkyl halides is 3. The van der Waals surface area contributed by atoms with Crippen molar-refractivity contribution < 1.29 is 30.6 Å². The summed E-state index contributed by atoms with van der Waals surface area (Å²) in [6.45, 7) is 6.36. The van der Waals surface area contributed by atoms with Crippen LogP contribution in [0.3, 0.4) is 0 Å². The highest BCUT2D eigenvalue weighted by Crippen LogP contribution is 2.31. The number of amides is 1. The van der Waals surface area contributed by atoms with Gasteiger partial charge in [-0.05, 0) is 50.5 Å². The van der Waals surface area contributed by atoms with E-state index in [2.05, 4.69) is 22.9 Å². The van der Waals surface area contributed by atoms with Crippen LogP contribution in [0.15, 0.2) is 18.2 Å². The Labute approximate surface area is 156 Å². The predicted octanol–water partition coefficient (Wildman–Crippen LogP) is 2.40. The first-order chi connectivity index (χ1) is 12.5. The molecule has 0 radical (unpaired) electrons. The number of hydrogen-bond acceptors (Lipinski definition) is 5. The SMILES string of the molecule is CC(C)N1CC[C@@H](N2CCc3cc(OS(=O)(=O)C(F)(F)F)ccc3C2=O)C1. The lowest BCUT2D eigenvalue weighted by Crippen LogP contribution is -2.46. The predicted molar refractivity (Wildman–Crippen MR) is 91.9 cm³/mol. The maximum atomic E-state index is 12.8. The highest BCUT2D eigenvalue weighted by molar-refractivity contribution is 7.88. The lowest BCUT2D eigenvalue weighted by molar-refractivity contribution is -0.0500. The zero-order chi connectivity index (χ0) is 20.0. The summed E-state index contributed by atoms with van der Waals surface area (Å²) in [6, 6.07) is 4.12. The molecule has 2 aliphatic heterocycles. The lowest BCUT2D eigenvalue weighted by atomic mass is 9.97. The van der Waals surface area contributed by atoms with E-state index >= 15 is 0 Å². The van der Waals surface area contributed by atoms with Crippen molar-refractivity contribution in [3.63, 3.8) is 0 Å². The number of rotatable bonds is 4. The number of fused-ring (bicyclic) bond motifs is 1. The molecule has 6 nitrogen and oxygen atoms in total. The van der Waals surface area contributed by atoms with Crippen molar-refractivity contribution >= 4 is 16.0 Å². The standard InChI is InChI=1S/C17H21F3N2O4S/c1-11(2)21-7-6-13(10-21)22-8-5-12-9-14(3-4-15(12)16(22)23)26-27(24,25)17(18,19)20/h3-4,9,11,13H,5-8,10H2,1-2H3/t13-/m1/s1. The third-order valence-electron chi connectivity index (χ3n) is 5.05. The molecule has 2 heterocycles. The molecule has 1 aromatic rings. The second-order valence-electron chi connectivity index (χ2n) is 7.08. The van der Waals surface area contributed by atoms with Crippen molar-refractivity contribution in [2.45, 2.75) is 44.3 Å². The molecule has 0 unspecified atom stereocenters. The molecule has 1 saturated heterocycles. The van der Waals surface area contributed by atoms with E-state index in [0.29, 0.717) is 30.1 Å². The van der Waals surface area contributed by atoms with E-state index in [4.69, 9.17) is 0 Å². The fraction of sp³-hybridized carbons (Fsp3) is 0.588. The highest BCUT2D eigenvalue weighted by atomic mass is 32.2. The first-order valence-corrected chi connectivity index (χ1v) is 10.1. The molecule has 0 spiro atoms. The number of halogens is 3. The fourth-order valence-corrected chi connectivity index (χ4v) is 4.00. The number of likely N-dealkylation sites (tertiary alicyclic amines) is 1. The average Bonchev–Trinajstić information content (AvgIpc) is 3.03. The molecular weight excluding hydrogens is 385 g/mol. The van der Waals surface area contributed by atoms with Gasteiger partial charge in [-0.2, -0.15) is 21.6 Å². The Morgan fingerprint density at radius 2 is 1.93 bits per heavy atom. The van der Waals surface area contributed by atoms with Gasteiger partial charge in [0.25, 0.3) is 5.91 Å². The molecule has 3 rings (SSSR count). The maximum Gasteiger partial charge on any atom is 0.534 e. The van der Waals surface area contributed by atoms with Gasteiger partial charge in [0.2, 0.25) is 0 Å². The highest BCUT2D eigenvalue weighted by Gasteiger charge is 2.48. The Bertz CT molecular complexity index is 839. The molecule has 1 aromatic carbocycles. The number of benzene rings is 1. The summed E-state index contributed by atoms with van der Waals surface area (Å²) in [5, 5.41) is 0. The van der Waals surface area contributed by atoms with E-state index in [1.54, 1.807) is 4.90 Å². The summed E-state index contributed by atoms with van der Waals surface area (Å²) in [6.07, 6.45) is 1.31. The summed E-state index contributed by atoms with van der Waals surface area (Å²) in [4.78, 5) is 16.9. The van der Waals surface area contributed by atoms with Crippen molar-refractivity contribution in [1.82, 2.24) is 9.80 Å². The van der Waals surface area contributed by atoms with Gasteiger partial charge in [0.05, 0.1) is 0 Å². The molecule has 0 aliphatic carbocycles. The van der Waals surface area contributed by atoms with Crippen molar-refractivity contribution in [2.24, 2.45) is 0 Å². The van der Waals surface area contributed by atoms with Crippen LogP contribution in [0, 0.1) is 0 Å². The van der Waals surface area contributed by atoms with Crippen LogP contribution in [-0.2, 0) is 16.5 Å². The molecule has 0 aromatic heterocycles. The minimum atomic E-state index is -5.73. The third kappa shape index (κ3) is 3.91. The Morgan fingerprint density at radius 3 is 2.52 bits per heavy atom. The molecule has 2 aliphatic rings. The average molecular weight is 406 g/mol. The van der Waals surface area contributed by atoms with Crippen LogP contribution in [0.2, 0.25) is 0 Å². The van der Waals surface area contributed by atoms with E-state index in [-0.39, 0.29) is 11.9 Å². The van der Waals surface area contributed by atoms with Gasteiger partial charge in [-0.1, -0.05) is 0 Å². The van der Waals surface area contributed by atoms with E-state index in [1.165, 1.54) is 12.1 Å². The van der Waals surface area contributed by atoms with Gasteiger partial charge in [0.15, 0.2) is 0 Å². The molecule has 1 amide bonds. The van der Waals surface area contributed by atoms with E-state index in [0.717, 1.165) is 25.6 Å². The van der Waals surface area contributed by atoms with Gasteiger partial charge in [0, 0.05) is 37.3 Å². The van der Waals surface area contributed by atoms with Gasteiger partial charge in [-0.3, -0.25) is 9.69 Å². The van der Waals surface area contributed by atoms with Crippen molar-refractivity contribution in [1.29, 1.82) is 0 Å². The summed E-state index contributed by atoms with van der Waals surface area (Å²) >= 11 is 0. The second-order valence-corrected chi connectivity index (χ2v) is 8.62. The summed E-state index contributed by atoms with van der Waals surface area (Å²) < 4.78 is 63.8. The van der Waals surface area contributed by atoms with Crippen LogP contribution >= 0.6 is 0 Å². The number of nitrogens with zero attached hydrogens (tertiary/aromatic N) is 2. The van der Waals surface area contributed by atoms with Crippen LogP contribution in [0.1, 0.15) is 36.2 Å². The lowest BCUT2D eigenvalue weighted by Gasteiger charge is -2.34. The first-order valence-electron chi connectivity index (χ1n) is 8.68. The van der Waals surface area contributed by atoms with Gasteiger partial charge >= 0.3 is 15.6 Å². The Balaban J connectivity index is 1.76. The van der Waals surface area contributed by atoms with E-state index in [9.17, 15) is 26.4 Å². The summed E-state index contributed by atoms with van der Waals surface area (Å²) in [5.41, 5.74) is -4.63. The monoisotopic (exact) mass is 406 g/mol. The molecule has 1 fully saturated rings. The molecule has 150 valence electrons. The molecular formula is C17H21F3N2O4S. The minimum absolute atomic E-state index is 0.106. The number of hydrogen-bond donors (Lipinski definition) is 0. The number of carbonyl (C=O) groups is 1. The van der Waals surface area contributed by atoms with E-state index < -0.39 is 21.4 Å². The fourth-order valence-electron chi connectivity index (χ4n) is 3.55. The molecule has 0 saturated carbocycles. The third-order valence-corrected chi connectivity index (χ3v) is 6.02. The number of carbonyl (C=O) groups excluding carboxylic acids is 1. The molecule has 10 heteroatoms. The smallest absolute Gasteiger partial charge is 0.376 e. The zero-order valence-corrected chi connectivity index (χ0v) is 15.8. The Hall–Kier alpha value is -1.81. The van der Waals surface area contributed by atoms with Gasteiger partial charge in [-0.15, -0.1) is 0 Å².